The first-order chi connectivity index (χ1) is 11.6. The molecule has 0 saturated carbocycles. The molecule has 0 aliphatic carbocycles. The zero-order valence-electron chi connectivity index (χ0n) is 13.2. The molecule has 1 saturated heterocycles. The number of thioether (sulfide) groups is 1. The summed E-state index contributed by atoms with van der Waals surface area (Å²) in [4.78, 5) is 33.2. The Kier molecular flexibility index (Phi) is 4.80. The minimum absolute atomic E-state index is 0.0159. The Bertz CT molecular complexity index is 747. The van der Waals surface area contributed by atoms with Gasteiger partial charge in [-0.25, -0.2) is 14.8 Å². The highest BCUT2D eigenvalue weighted by Crippen LogP contribution is 2.30. The third kappa shape index (κ3) is 3.41. The second-order valence-corrected chi connectivity index (χ2v) is 6.74. The van der Waals surface area contributed by atoms with Crippen LogP contribution in [0.25, 0.3) is 0 Å². The lowest BCUT2D eigenvalue weighted by atomic mass is 10.0. The maximum absolute atomic E-state index is 12.8. The van der Waals surface area contributed by atoms with Gasteiger partial charge in [-0.15, -0.1) is 0 Å². The van der Waals surface area contributed by atoms with Gasteiger partial charge in [-0.1, -0.05) is 29.8 Å². The number of aromatic carboxylic acids is 1. The van der Waals surface area contributed by atoms with Crippen LogP contribution >= 0.6 is 11.8 Å². The van der Waals surface area contributed by atoms with Crippen LogP contribution in [0.1, 0.15) is 38.1 Å². The van der Waals surface area contributed by atoms with Gasteiger partial charge < -0.3 is 10.0 Å². The van der Waals surface area contributed by atoms with Crippen LogP contribution in [-0.2, 0) is 0 Å². The summed E-state index contributed by atoms with van der Waals surface area (Å²) in [5.41, 5.74) is 2.27. The van der Waals surface area contributed by atoms with Crippen molar-refractivity contribution in [2.45, 2.75) is 13.0 Å². The van der Waals surface area contributed by atoms with E-state index in [9.17, 15) is 9.59 Å². The third-order valence-electron chi connectivity index (χ3n) is 3.94. The molecule has 1 aromatic heterocycles. The van der Waals surface area contributed by atoms with E-state index < -0.39 is 5.97 Å². The van der Waals surface area contributed by atoms with Crippen molar-refractivity contribution in [1.82, 2.24) is 14.9 Å². The molecule has 124 valence electrons. The number of benzene rings is 1. The maximum Gasteiger partial charge on any atom is 0.356 e. The zero-order chi connectivity index (χ0) is 17.1. The van der Waals surface area contributed by atoms with E-state index >= 15 is 0 Å². The monoisotopic (exact) mass is 343 g/mol. The topological polar surface area (TPSA) is 83.4 Å². The number of hydrogen-bond donors (Lipinski definition) is 1. The lowest BCUT2D eigenvalue weighted by Gasteiger charge is -2.35. The molecule has 1 atom stereocenters. The van der Waals surface area contributed by atoms with Crippen LogP contribution in [0.4, 0.5) is 0 Å². The highest BCUT2D eigenvalue weighted by molar-refractivity contribution is 7.99. The molecule has 3 rings (SSSR count). The zero-order valence-corrected chi connectivity index (χ0v) is 14.0. The minimum atomic E-state index is -1.16. The van der Waals surface area contributed by atoms with Gasteiger partial charge in [0.2, 0.25) is 0 Å². The van der Waals surface area contributed by atoms with E-state index in [1.54, 1.807) is 4.90 Å². The molecule has 0 spiro atoms. The highest BCUT2D eigenvalue weighted by atomic mass is 32.2. The fourth-order valence-electron chi connectivity index (χ4n) is 2.61. The number of carboxylic acid groups (broad SMARTS) is 1. The SMILES string of the molecule is Cc1ccc(C2CSCCN2C(=O)c2cnc(C(=O)O)cn2)cc1. The molecule has 1 aliphatic heterocycles. The number of carboxylic acids is 1. The summed E-state index contributed by atoms with van der Waals surface area (Å²) in [5.74, 6) is 0.322. The molecule has 6 nitrogen and oxygen atoms in total. The maximum atomic E-state index is 12.8. The Labute approximate surface area is 143 Å². The van der Waals surface area contributed by atoms with Gasteiger partial charge in [0, 0.05) is 18.1 Å². The average Bonchev–Trinajstić information content (AvgIpc) is 2.62. The average molecular weight is 343 g/mol. The van der Waals surface area contributed by atoms with Crippen LogP contribution in [-0.4, -0.2) is 49.9 Å². The first-order valence-electron chi connectivity index (χ1n) is 7.57. The molecule has 24 heavy (non-hydrogen) atoms. The number of carbonyl (C=O) groups is 2. The molecule has 1 aromatic carbocycles. The normalized spacial score (nSPS) is 17.5. The first-order valence-corrected chi connectivity index (χ1v) is 8.72. The largest absolute Gasteiger partial charge is 0.476 e. The predicted molar refractivity (Wildman–Crippen MR) is 91.3 cm³/mol. The van der Waals surface area contributed by atoms with E-state index in [1.807, 2.05) is 43.0 Å². The van der Waals surface area contributed by atoms with Gasteiger partial charge in [0.05, 0.1) is 18.4 Å². The Morgan fingerprint density at radius 1 is 1.17 bits per heavy atom. The molecule has 1 amide bonds. The van der Waals surface area contributed by atoms with Gasteiger partial charge in [0.15, 0.2) is 5.69 Å². The number of hydrogen-bond acceptors (Lipinski definition) is 5. The quantitative estimate of drug-likeness (QED) is 0.921. The van der Waals surface area contributed by atoms with Crippen molar-refractivity contribution < 1.29 is 14.7 Å². The molecule has 1 fully saturated rings. The molecule has 2 heterocycles. The van der Waals surface area contributed by atoms with E-state index in [0.29, 0.717) is 6.54 Å². The summed E-state index contributed by atoms with van der Waals surface area (Å²) in [6.07, 6.45) is 2.36. The Balaban J connectivity index is 1.85. The van der Waals surface area contributed by atoms with Crippen molar-refractivity contribution >= 4 is 23.6 Å². The molecule has 2 aromatic rings. The van der Waals surface area contributed by atoms with Crippen LogP contribution in [0.3, 0.4) is 0 Å². The fourth-order valence-corrected chi connectivity index (χ4v) is 3.70. The number of amides is 1. The summed E-state index contributed by atoms with van der Waals surface area (Å²) >= 11 is 1.82. The number of aryl methyl sites for hydroxylation is 1. The van der Waals surface area contributed by atoms with Gasteiger partial charge in [0.1, 0.15) is 5.69 Å². The smallest absolute Gasteiger partial charge is 0.356 e. The van der Waals surface area contributed by atoms with Crippen LogP contribution < -0.4 is 0 Å². The van der Waals surface area contributed by atoms with E-state index in [0.717, 1.165) is 23.3 Å². The van der Waals surface area contributed by atoms with Crippen LogP contribution in [0.2, 0.25) is 0 Å². The second kappa shape index (κ2) is 7.00. The van der Waals surface area contributed by atoms with Crippen molar-refractivity contribution in [3.63, 3.8) is 0 Å². The summed E-state index contributed by atoms with van der Waals surface area (Å²) in [5, 5.41) is 8.88. The van der Waals surface area contributed by atoms with Crippen molar-refractivity contribution in [3.8, 4) is 0 Å². The summed E-state index contributed by atoms with van der Waals surface area (Å²) in [6.45, 7) is 2.66. The van der Waals surface area contributed by atoms with Gasteiger partial charge in [-0.2, -0.15) is 11.8 Å². The number of nitrogens with zero attached hydrogens (tertiary/aromatic N) is 3. The standard InChI is InChI=1S/C17H17N3O3S/c1-11-2-4-12(5-3-11)15-10-24-7-6-20(15)16(21)13-8-19-14(9-18-13)17(22)23/h2-5,8-9,15H,6-7,10H2,1H3,(H,22,23). The lowest BCUT2D eigenvalue weighted by Crippen LogP contribution is -2.41. The van der Waals surface area contributed by atoms with E-state index in [-0.39, 0.29) is 23.3 Å². The van der Waals surface area contributed by atoms with Crippen molar-refractivity contribution in [2.24, 2.45) is 0 Å². The molecule has 0 bridgehead atoms. The first kappa shape index (κ1) is 16.4. The Hall–Kier alpha value is -2.41. The minimum Gasteiger partial charge on any atom is -0.476 e. The molecule has 1 aliphatic rings. The molecule has 1 N–H and O–H groups in total. The predicted octanol–water partition coefficient (Wildman–Crippen LogP) is 2.41. The molecule has 7 heteroatoms. The van der Waals surface area contributed by atoms with Gasteiger partial charge in [-0.05, 0) is 12.5 Å². The molecule has 1 unspecified atom stereocenters. The summed E-state index contributed by atoms with van der Waals surface area (Å²) < 4.78 is 0. The van der Waals surface area contributed by atoms with Gasteiger partial charge >= 0.3 is 5.97 Å². The van der Waals surface area contributed by atoms with Gasteiger partial charge in [0.25, 0.3) is 5.91 Å². The second-order valence-electron chi connectivity index (χ2n) is 5.59. The molecule has 0 radical (unpaired) electrons. The number of rotatable bonds is 3. The third-order valence-corrected chi connectivity index (χ3v) is 4.96. The van der Waals surface area contributed by atoms with Crippen molar-refractivity contribution in [1.29, 1.82) is 0 Å². The Morgan fingerprint density at radius 3 is 2.46 bits per heavy atom. The highest BCUT2D eigenvalue weighted by Gasteiger charge is 2.30. The number of carbonyl (C=O) groups excluding carboxylic acids is 1. The van der Waals surface area contributed by atoms with Crippen LogP contribution in [0.15, 0.2) is 36.7 Å². The summed E-state index contributed by atoms with van der Waals surface area (Å²) in [7, 11) is 0. The van der Waals surface area contributed by atoms with Crippen LogP contribution in [0.5, 0.6) is 0 Å². The van der Waals surface area contributed by atoms with Crippen LogP contribution in [0, 0.1) is 6.92 Å². The number of aromatic nitrogens is 2. The van der Waals surface area contributed by atoms with E-state index in [4.69, 9.17) is 5.11 Å². The molecular formula is C17H17N3O3S. The summed E-state index contributed by atoms with van der Waals surface area (Å²) in [6, 6.07) is 8.16. The van der Waals surface area contributed by atoms with Crippen molar-refractivity contribution in [2.75, 3.05) is 18.1 Å². The Morgan fingerprint density at radius 2 is 1.83 bits per heavy atom. The van der Waals surface area contributed by atoms with Gasteiger partial charge in [-0.3, -0.25) is 4.79 Å². The lowest BCUT2D eigenvalue weighted by molar-refractivity contribution is 0.0675. The van der Waals surface area contributed by atoms with E-state index in [1.165, 1.54) is 11.8 Å². The molecular weight excluding hydrogens is 326 g/mol. The van der Waals surface area contributed by atoms with E-state index in [2.05, 4.69) is 9.97 Å². The van der Waals surface area contributed by atoms with Crippen molar-refractivity contribution in [3.05, 3.63) is 59.2 Å². The fraction of sp³-hybridized carbons (Fsp3) is 0.294.